The average molecular weight is 304 g/mol. The summed E-state index contributed by atoms with van der Waals surface area (Å²) in [6.45, 7) is 0. The molecule has 0 saturated heterocycles. The minimum absolute atomic E-state index is 0.0182. The number of nitrogens with one attached hydrogen (secondary N) is 1. The van der Waals surface area contributed by atoms with Gasteiger partial charge in [-0.05, 0) is 42.9 Å². The first kappa shape index (κ1) is 16.5. The van der Waals surface area contributed by atoms with Crippen molar-refractivity contribution in [3.05, 3.63) is 29.8 Å². The number of hydrogen-bond donors (Lipinski definition) is 2. The van der Waals surface area contributed by atoms with Crippen molar-refractivity contribution in [1.82, 2.24) is 0 Å². The van der Waals surface area contributed by atoms with E-state index in [9.17, 15) is 9.59 Å². The lowest BCUT2D eigenvalue weighted by Gasteiger charge is -2.14. The van der Waals surface area contributed by atoms with E-state index in [0.717, 1.165) is 30.5 Å². The van der Waals surface area contributed by atoms with Crippen molar-refractivity contribution in [3.8, 4) is 0 Å². The van der Waals surface area contributed by atoms with Gasteiger partial charge in [-0.15, -0.1) is 0 Å². The first-order valence-electron chi connectivity index (χ1n) is 7.79. The molecule has 22 heavy (non-hydrogen) atoms. The van der Waals surface area contributed by atoms with Gasteiger partial charge in [0.2, 0.25) is 5.91 Å². The van der Waals surface area contributed by atoms with Gasteiger partial charge in [-0.3, -0.25) is 9.59 Å². The number of aryl methyl sites for hydroxylation is 1. The molecule has 1 aromatic rings. The van der Waals surface area contributed by atoms with Crippen LogP contribution >= 0.6 is 0 Å². The van der Waals surface area contributed by atoms with Gasteiger partial charge in [0.15, 0.2) is 0 Å². The summed E-state index contributed by atoms with van der Waals surface area (Å²) in [6, 6.07) is 7.71. The van der Waals surface area contributed by atoms with Crippen molar-refractivity contribution in [1.29, 1.82) is 0 Å². The molecular formula is C17H24N2O3. The van der Waals surface area contributed by atoms with Crippen molar-refractivity contribution >= 4 is 17.6 Å². The highest BCUT2D eigenvalue weighted by Gasteiger charge is 2.25. The fourth-order valence-electron chi connectivity index (χ4n) is 2.87. The standard InChI is InChI=1S/C17H24N2O3/c1-22-17(21)10-7-12-5-8-14(9-6-12)19-16(20)11-13-3-2-4-15(13)18/h5-6,8-9,13,15H,2-4,7,10-11,18H2,1H3,(H,19,20)/t13-,15+/m0/s1. The van der Waals surface area contributed by atoms with Gasteiger partial charge >= 0.3 is 5.97 Å². The number of nitrogens with two attached hydrogens (primary N) is 1. The Bertz CT molecular complexity index is 513. The minimum Gasteiger partial charge on any atom is -0.469 e. The molecule has 0 aliphatic heterocycles. The van der Waals surface area contributed by atoms with Crippen LogP contribution in [0.2, 0.25) is 0 Å². The fourth-order valence-corrected chi connectivity index (χ4v) is 2.87. The second kappa shape index (κ2) is 7.94. The highest BCUT2D eigenvalue weighted by molar-refractivity contribution is 5.90. The maximum Gasteiger partial charge on any atom is 0.305 e. The van der Waals surface area contributed by atoms with Crippen molar-refractivity contribution in [2.24, 2.45) is 11.7 Å². The molecule has 5 heteroatoms. The lowest BCUT2D eigenvalue weighted by atomic mass is 10.00. The molecule has 2 atom stereocenters. The molecule has 3 N–H and O–H groups in total. The number of carbonyl (C=O) groups excluding carboxylic acids is 2. The van der Waals surface area contributed by atoms with E-state index in [-0.39, 0.29) is 17.9 Å². The highest BCUT2D eigenvalue weighted by Crippen LogP contribution is 2.27. The zero-order valence-corrected chi connectivity index (χ0v) is 13.0. The van der Waals surface area contributed by atoms with E-state index < -0.39 is 0 Å². The second-order valence-electron chi connectivity index (χ2n) is 5.88. The van der Waals surface area contributed by atoms with Crippen molar-refractivity contribution < 1.29 is 14.3 Å². The predicted octanol–water partition coefficient (Wildman–Crippen LogP) is 2.25. The number of carbonyl (C=O) groups is 2. The summed E-state index contributed by atoms with van der Waals surface area (Å²) in [4.78, 5) is 23.1. The van der Waals surface area contributed by atoms with Gasteiger partial charge in [-0.2, -0.15) is 0 Å². The number of esters is 1. The molecule has 1 aromatic carbocycles. The Morgan fingerprint density at radius 3 is 2.59 bits per heavy atom. The summed E-state index contributed by atoms with van der Waals surface area (Å²) in [5, 5.41) is 2.91. The third-order valence-electron chi connectivity index (χ3n) is 4.25. The maximum absolute atomic E-state index is 12.0. The normalized spacial score (nSPS) is 20.6. The topological polar surface area (TPSA) is 81.4 Å². The predicted molar refractivity (Wildman–Crippen MR) is 85.3 cm³/mol. The van der Waals surface area contributed by atoms with Gasteiger partial charge in [0.25, 0.3) is 0 Å². The van der Waals surface area contributed by atoms with E-state index in [2.05, 4.69) is 10.1 Å². The van der Waals surface area contributed by atoms with E-state index in [1.165, 1.54) is 7.11 Å². The Hall–Kier alpha value is -1.88. The minimum atomic E-state index is -0.217. The lowest BCUT2D eigenvalue weighted by molar-refractivity contribution is -0.140. The van der Waals surface area contributed by atoms with Crippen LogP contribution in [-0.4, -0.2) is 25.0 Å². The molecule has 1 fully saturated rings. The molecule has 1 aliphatic carbocycles. The molecule has 0 unspecified atom stereocenters. The Morgan fingerprint density at radius 2 is 2.00 bits per heavy atom. The van der Waals surface area contributed by atoms with Gasteiger partial charge in [-0.25, -0.2) is 0 Å². The maximum atomic E-state index is 12.0. The largest absolute Gasteiger partial charge is 0.469 e. The van der Waals surface area contributed by atoms with E-state index in [1.807, 2.05) is 24.3 Å². The number of rotatable bonds is 6. The summed E-state index contributed by atoms with van der Waals surface area (Å²) in [7, 11) is 1.39. The summed E-state index contributed by atoms with van der Waals surface area (Å²) in [5.41, 5.74) is 7.81. The van der Waals surface area contributed by atoms with Gasteiger partial charge in [-0.1, -0.05) is 18.6 Å². The lowest BCUT2D eigenvalue weighted by Crippen LogP contribution is -2.28. The van der Waals surface area contributed by atoms with Gasteiger partial charge < -0.3 is 15.8 Å². The zero-order valence-electron chi connectivity index (χ0n) is 13.0. The Labute approximate surface area is 131 Å². The van der Waals surface area contributed by atoms with Crippen LogP contribution in [0, 0.1) is 5.92 Å². The van der Waals surface area contributed by atoms with Gasteiger partial charge in [0.05, 0.1) is 7.11 Å². The number of hydrogen-bond acceptors (Lipinski definition) is 4. The molecule has 0 bridgehead atoms. The van der Waals surface area contributed by atoms with Crippen LogP contribution in [0.1, 0.15) is 37.7 Å². The molecule has 1 saturated carbocycles. The summed E-state index contributed by atoms with van der Waals surface area (Å²) in [6.07, 6.45) is 4.67. The van der Waals surface area contributed by atoms with Crippen LogP contribution in [0.25, 0.3) is 0 Å². The molecule has 2 rings (SSSR count). The SMILES string of the molecule is COC(=O)CCc1ccc(NC(=O)C[C@@H]2CCC[C@H]2N)cc1. The van der Waals surface area contributed by atoms with E-state index in [4.69, 9.17) is 5.73 Å². The molecular weight excluding hydrogens is 280 g/mol. The Kier molecular flexibility index (Phi) is 5.95. The molecule has 0 heterocycles. The van der Waals surface area contributed by atoms with Crippen LogP contribution in [0.15, 0.2) is 24.3 Å². The molecule has 0 radical (unpaired) electrons. The third kappa shape index (κ3) is 4.84. The monoisotopic (exact) mass is 304 g/mol. The number of amides is 1. The molecule has 1 aliphatic rings. The zero-order chi connectivity index (χ0) is 15.9. The molecule has 0 aromatic heterocycles. The Morgan fingerprint density at radius 1 is 1.27 bits per heavy atom. The second-order valence-corrected chi connectivity index (χ2v) is 5.88. The van der Waals surface area contributed by atoms with Gasteiger partial charge in [0.1, 0.15) is 0 Å². The fraction of sp³-hybridized carbons (Fsp3) is 0.529. The molecule has 1 amide bonds. The molecule has 120 valence electrons. The van der Waals surface area contributed by atoms with Gasteiger partial charge in [0, 0.05) is 24.6 Å². The van der Waals surface area contributed by atoms with E-state index >= 15 is 0 Å². The van der Waals surface area contributed by atoms with Crippen LogP contribution in [0.5, 0.6) is 0 Å². The summed E-state index contributed by atoms with van der Waals surface area (Å²) < 4.78 is 4.61. The van der Waals surface area contributed by atoms with Crippen LogP contribution in [-0.2, 0) is 20.7 Å². The molecule has 0 spiro atoms. The third-order valence-corrected chi connectivity index (χ3v) is 4.25. The molecule has 5 nitrogen and oxygen atoms in total. The number of methoxy groups -OCH3 is 1. The first-order valence-corrected chi connectivity index (χ1v) is 7.79. The highest BCUT2D eigenvalue weighted by atomic mass is 16.5. The van der Waals surface area contributed by atoms with E-state index in [0.29, 0.717) is 25.2 Å². The van der Waals surface area contributed by atoms with Crippen LogP contribution < -0.4 is 11.1 Å². The van der Waals surface area contributed by atoms with Crippen LogP contribution in [0.4, 0.5) is 5.69 Å². The van der Waals surface area contributed by atoms with Crippen molar-refractivity contribution in [2.75, 3.05) is 12.4 Å². The average Bonchev–Trinajstić information content (AvgIpc) is 2.91. The quantitative estimate of drug-likeness (QED) is 0.790. The Balaban J connectivity index is 1.80. The number of benzene rings is 1. The first-order chi connectivity index (χ1) is 10.6. The van der Waals surface area contributed by atoms with Crippen LogP contribution in [0.3, 0.4) is 0 Å². The van der Waals surface area contributed by atoms with E-state index in [1.54, 1.807) is 0 Å². The smallest absolute Gasteiger partial charge is 0.305 e. The summed E-state index contributed by atoms with van der Waals surface area (Å²) >= 11 is 0. The van der Waals surface area contributed by atoms with Crippen molar-refractivity contribution in [2.45, 2.75) is 44.6 Å². The summed E-state index contributed by atoms with van der Waals surface area (Å²) in [5.74, 6) is 0.106. The van der Waals surface area contributed by atoms with Crippen molar-refractivity contribution in [3.63, 3.8) is 0 Å². The number of anilines is 1. The number of ether oxygens (including phenoxy) is 1.